The number of fused-ring (bicyclic) bond motifs is 1. The zero-order valence-electron chi connectivity index (χ0n) is 18.3. The monoisotopic (exact) mass is 430 g/mol. The maximum Gasteiger partial charge on any atom is 0.265 e. The van der Waals surface area contributed by atoms with Crippen LogP contribution in [0.15, 0.2) is 66.7 Å². The second kappa shape index (κ2) is 9.56. The van der Waals surface area contributed by atoms with Crippen LogP contribution in [0.5, 0.6) is 11.5 Å². The van der Waals surface area contributed by atoms with Crippen molar-refractivity contribution in [2.24, 2.45) is 0 Å². The first-order chi connectivity index (χ1) is 15.5. The Morgan fingerprint density at radius 3 is 2.47 bits per heavy atom. The van der Waals surface area contributed by atoms with Crippen molar-refractivity contribution in [1.82, 2.24) is 0 Å². The summed E-state index contributed by atoms with van der Waals surface area (Å²) in [7, 11) is 0. The Bertz CT molecular complexity index is 1110. The first-order valence-corrected chi connectivity index (χ1v) is 10.7. The molecular weight excluding hydrogens is 404 g/mol. The van der Waals surface area contributed by atoms with Crippen LogP contribution in [0.4, 0.5) is 11.4 Å². The van der Waals surface area contributed by atoms with Crippen LogP contribution >= 0.6 is 0 Å². The largest absolute Gasteiger partial charge is 0.494 e. The molecule has 1 heterocycles. The number of nitrogens with one attached hydrogen (secondary N) is 1. The van der Waals surface area contributed by atoms with Gasteiger partial charge < -0.3 is 19.7 Å². The molecule has 1 aliphatic rings. The highest BCUT2D eigenvalue weighted by Gasteiger charge is 2.26. The molecule has 3 aromatic rings. The van der Waals surface area contributed by atoms with Crippen LogP contribution in [0.1, 0.15) is 23.6 Å². The van der Waals surface area contributed by atoms with Gasteiger partial charge in [0.15, 0.2) is 6.61 Å². The summed E-state index contributed by atoms with van der Waals surface area (Å²) in [4.78, 5) is 26.9. The maximum atomic E-state index is 12.6. The van der Waals surface area contributed by atoms with Crippen LogP contribution in [0.25, 0.3) is 0 Å². The van der Waals surface area contributed by atoms with E-state index in [1.807, 2.05) is 62.4 Å². The van der Waals surface area contributed by atoms with Crippen LogP contribution in [0, 0.1) is 6.92 Å². The number of carbonyl (C=O) groups is 2. The first-order valence-electron chi connectivity index (χ1n) is 10.7. The number of hydrogen-bond acceptors (Lipinski definition) is 4. The van der Waals surface area contributed by atoms with Crippen molar-refractivity contribution in [1.29, 1.82) is 0 Å². The SMILES string of the molecule is CCOc1ccc(CC(=O)Nc2ccc3c(c2)N(Cc2ccc(C)cc2)C(=O)CO3)cc1. The number of nitrogens with zero attached hydrogens (tertiary/aromatic N) is 1. The number of ether oxygens (including phenoxy) is 2. The molecule has 164 valence electrons. The Morgan fingerprint density at radius 1 is 1.03 bits per heavy atom. The zero-order chi connectivity index (χ0) is 22.5. The Morgan fingerprint density at radius 2 is 1.75 bits per heavy atom. The Kier molecular flexibility index (Phi) is 6.40. The molecule has 0 bridgehead atoms. The summed E-state index contributed by atoms with van der Waals surface area (Å²) in [5.41, 5.74) is 4.36. The van der Waals surface area contributed by atoms with Gasteiger partial charge in [-0.3, -0.25) is 9.59 Å². The van der Waals surface area contributed by atoms with Crippen molar-refractivity contribution < 1.29 is 19.1 Å². The molecule has 0 spiro atoms. The highest BCUT2D eigenvalue weighted by Crippen LogP contribution is 2.35. The average Bonchev–Trinajstić information content (AvgIpc) is 2.78. The van der Waals surface area contributed by atoms with E-state index in [1.54, 1.807) is 23.1 Å². The van der Waals surface area contributed by atoms with E-state index in [9.17, 15) is 9.59 Å². The molecule has 0 aromatic heterocycles. The number of amides is 2. The molecular formula is C26H26N2O4. The lowest BCUT2D eigenvalue weighted by molar-refractivity contribution is -0.121. The number of anilines is 2. The van der Waals surface area contributed by atoms with Crippen molar-refractivity contribution in [2.45, 2.75) is 26.8 Å². The summed E-state index contributed by atoms with van der Waals surface area (Å²) in [6, 6.07) is 20.9. The van der Waals surface area contributed by atoms with Gasteiger partial charge in [0.2, 0.25) is 5.91 Å². The van der Waals surface area contributed by atoms with Crippen LogP contribution in [0.3, 0.4) is 0 Å². The minimum absolute atomic E-state index is 0.00229. The number of aryl methyl sites for hydroxylation is 1. The molecule has 0 saturated heterocycles. The summed E-state index contributed by atoms with van der Waals surface area (Å²) >= 11 is 0. The number of hydrogen-bond donors (Lipinski definition) is 1. The quantitative estimate of drug-likeness (QED) is 0.599. The van der Waals surface area contributed by atoms with Crippen molar-refractivity contribution in [3.63, 3.8) is 0 Å². The zero-order valence-corrected chi connectivity index (χ0v) is 18.3. The fourth-order valence-corrected chi connectivity index (χ4v) is 3.59. The molecule has 6 heteroatoms. The summed E-state index contributed by atoms with van der Waals surface area (Å²) in [5.74, 6) is 1.16. The second-order valence-corrected chi connectivity index (χ2v) is 7.74. The van der Waals surface area contributed by atoms with E-state index in [-0.39, 0.29) is 24.8 Å². The van der Waals surface area contributed by atoms with E-state index in [4.69, 9.17) is 9.47 Å². The second-order valence-electron chi connectivity index (χ2n) is 7.74. The van der Waals surface area contributed by atoms with Crippen LogP contribution in [-0.4, -0.2) is 25.0 Å². The van der Waals surface area contributed by atoms with E-state index in [0.29, 0.717) is 30.3 Å². The minimum atomic E-state index is -0.137. The van der Waals surface area contributed by atoms with Gasteiger partial charge >= 0.3 is 0 Å². The molecule has 0 aliphatic carbocycles. The Hall–Kier alpha value is -3.80. The molecule has 1 aliphatic heterocycles. The van der Waals surface area contributed by atoms with Gasteiger partial charge in [0.25, 0.3) is 5.91 Å². The molecule has 3 aromatic carbocycles. The summed E-state index contributed by atoms with van der Waals surface area (Å²) in [6.07, 6.45) is 0.242. The Labute approximate surface area is 187 Å². The highest BCUT2D eigenvalue weighted by atomic mass is 16.5. The predicted octanol–water partition coefficient (Wildman–Crippen LogP) is 4.50. The minimum Gasteiger partial charge on any atom is -0.494 e. The molecule has 0 unspecified atom stereocenters. The standard InChI is InChI=1S/C26H26N2O4/c1-3-31-22-11-8-19(9-12-22)14-25(29)27-21-10-13-24-23(15-21)28(26(30)17-32-24)16-20-6-4-18(2)5-7-20/h4-13,15H,3,14,16-17H2,1-2H3,(H,27,29). The van der Waals surface area contributed by atoms with Crippen molar-refractivity contribution in [3.8, 4) is 11.5 Å². The van der Waals surface area contributed by atoms with E-state index in [1.165, 1.54) is 5.56 Å². The molecule has 0 fully saturated rings. The smallest absolute Gasteiger partial charge is 0.265 e. The molecule has 4 rings (SSSR count). The van der Waals surface area contributed by atoms with Gasteiger partial charge in [-0.2, -0.15) is 0 Å². The van der Waals surface area contributed by atoms with E-state index < -0.39 is 0 Å². The van der Waals surface area contributed by atoms with E-state index in [0.717, 1.165) is 16.9 Å². The summed E-state index contributed by atoms with van der Waals surface area (Å²) in [5, 5.41) is 2.92. The fourth-order valence-electron chi connectivity index (χ4n) is 3.59. The van der Waals surface area contributed by atoms with E-state index in [2.05, 4.69) is 5.32 Å². The highest BCUT2D eigenvalue weighted by molar-refractivity contribution is 5.99. The van der Waals surface area contributed by atoms with Crippen LogP contribution < -0.4 is 19.7 Å². The molecule has 32 heavy (non-hydrogen) atoms. The van der Waals surface area contributed by atoms with Gasteiger partial charge in [0, 0.05) is 5.69 Å². The average molecular weight is 431 g/mol. The van der Waals surface area contributed by atoms with Crippen LogP contribution in [-0.2, 0) is 22.6 Å². The summed E-state index contributed by atoms with van der Waals surface area (Å²) in [6.45, 7) is 5.01. The number of benzene rings is 3. The third kappa shape index (κ3) is 5.09. The molecule has 0 saturated carbocycles. The van der Waals surface area contributed by atoms with Gasteiger partial charge in [-0.05, 0) is 55.3 Å². The van der Waals surface area contributed by atoms with Gasteiger partial charge in [0.05, 0.1) is 25.3 Å². The lowest BCUT2D eigenvalue weighted by atomic mass is 10.1. The van der Waals surface area contributed by atoms with Gasteiger partial charge in [0.1, 0.15) is 11.5 Å². The van der Waals surface area contributed by atoms with Gasteiger partial charge in [-0.1, -0.05) is 42.0 Å². The lowest BCUT2D eigenvalue weighted by Crippen LogP contribution is -2.38. The van der Waals surface area contributed by atoms with Crippen molar-refractivity contribution in [3.05, 3.63) is 83.4 Å². The lowest BCUT2D eigenvalue weighted by Gasteiger charge is -2.30. The van der Waals surface area contributed by atoms with Gasteiger partial charge in [-0.25, -0.2) is 0 Å². The fraction of sp³-hybridized carbons (Fsp3) is 0.231. The number of carbonyl (C=O) groups excluding carboxylic acids is 2. The first kappa shape index (κ1) is 21.4. The maximum absolute atomic E-state index is 12.6. The predicted molar refractivity (Wildman–Crippen MR) is 124 cm³/mol. The molecule has 0 atom stereocenters. The third-order valence-electron chi connectivity index (χ3n) is 5.25. The van der Waals surface area contributed by atoms with Gasteiger partial charge in [-0.15, -0.1) is 0 Å². The molecule has 0 radical (unpaired) electrons. The van der Waals surface area contributed by atoms with Crippen LogP contribution in [0.2, 0.25) is 0 Å². The molecule has 2 amide bonds. The topological polar surface area (TPSA) is 67.9 Å². The van der Waals surface area contributed by atoms with Crippen molar-refractivity contribution in [2.75, 3.05) is 23.4 Å². The third-order valence-corrected chi connectivity index (χ3v) is 5.25. The normalized spacial score (nSPS) is 12.7. The number of rotatable bonds is 7. The van der Waals surface area contributed by atoms with Crippen molar-refractivity contribution >= 4 is 23.2 Å². The Balaban J connectivity index is 1.47. The molecule has 1 N–H and O–H groups in total. The van der Waals surface area contributed by atoms with E-state index >= 15 is 0 Å². The molecule has 6 nitrogen and oxygen atoms in total. The summed E-state index contributed by atoms with van der Waals surface area (Å²) < 4.78 is 11.0.